The zero-order valence-corrected chi connectivity index (χ0v) is 12.5. The van der Waals surface area contributed by atoms with E-state index < -0.39 is 6.10 Å². The first kappa shape index (κ1) is 16.0. The van der Waals surface area contributed by atoms with Gasteiger partial charge in [0.05, 0.1) is 19.8 Å². The molecule has 0 aromatic heterocycles. The van der Waals surface area contributed by atoms with Crippen molar-refractivity contribution in [3.8, 4) is 5.75 Å². The lowest BCUT2D eigenvalue weighted by atomic mass is 10.1. The zero-order valence-electron chi connectivity index (χ0n) is 12.5. The summed E-state index contributed by atoms with van der Waals surface area (Å²) >= 11 is 0. The smallest absolute Gasteiger partial charge is 0.123 e. The topological polar surface area (TPSA) is 41.9 Å². The Labute approximate surface area is 115 Å². The summed E-state index contributed by atoms with van der Waals surface area (Å²) < 4.78 is 10.5. The van der Waals surface area contributed by atoms with Crippen molar-refractivity contribution in [3.63, 3.8) is 0 Å². The lowest BCUT2D eigenvalue weighted by molar-refractivity contribution is 0.111. The molecule has 0 radical (unpaired) electrons. The second-order valence-corrected chi connectivity index (χ2v) is 4.97. The normalized spacial score (nSPS) is 14.5. The standard InChI is InChI=1S/C15H25NO3/c1-11(10-18-4)16(3)9-14-8-13(12(2)17)6-7-15(14)19-5/h6-8,11-12,17H,9-10H2,1-5H3. The highest BCUT2D eigenvalue weighted by Gasteiger charge is 2.13. The summed E-state index contributed by atoms with van der Waals surface area (Å²) in [6.45, 7) is 5.33. The minimum Gasteiger partial charge on any atom is -0.496 e. The number of benzene rings is 1. The number of hydrogen-bond donors (Lipinski definition) is 1. The number of rotatable bonds is 7. The van der Waals surface area contributed by atoms with Crippen LogP contribution >= 0.6 is 0 Å². The first-order valence-electron chi connectivity index (χ1n) is 6.53. The third kappa shape index (κ3) is 4.49. The third-order valence-electron chi connectivity index (χ3n) is 3.37. The van der Waals surface area contributed by atoms with Crippen LogP contribution in [0.3, 0.4) is 0 Å². The van der Waals surface area contributed by atoms with Crippen LogP contribution in [0.15, 0.2) is 18.2 Å². The maximum absolute atomic E-state index is 9.66. The fourth-order valence-electron chi connectivity index (χ4n) is 1.97. The highest BCUT2D eigenvalue weighted by atomic mass is 16.5. The first-order chi connectivity index (χ1) is 8.99. The maximum atomic E-state index is 9.66. The van der Waals surface area contributed by atoms with Crippen LogP contribution in [0.1, 0.15) is 31.1 Å². The highest BCUT2D eigenvalue weighted by Crippen LogP contribution is 2.24. The van der Waals surface area contributed by atoms with Gasteiger partial charge in [0.1, 0.15) is 5.75 Å². The predicted octanol–water partition coefficient (Wildman–Crippen LogP) is 2.22. The average Bonchev–Trinajstić information content (AvgIpc) is 2.38. The second-order valence-electron chi connectivity index (χ2n) is 4.97. The van der Waals surface area contributed by atoms with E-state index in [1.807, 2.05) is 18.2 Å². The monoisotopic (exact) mass is 267 g/mol. The molecular formula is C15H25NO3. The molecule has 0 amide bonds. The van der Waals surface area contributed by atoms with E-state index in [9.17, 15) is 5.11 Å². The van der Waals surface area contributed by atoms with E-state index in [4.69, 9.17) is 9.47 Å². The Morgan fingerprint density at radius 2 is 1.95 bits per heavy atom. The largest absolute Gasteiger partial charge is 0.496 e. The Kier molecular flexibility index (Phi) is 6.28. The van der Waals surface area contributed by atoms with Gasteiger partial charge in [-0.15, -0.1) is 0 Å². The summed E-state index contributed by atoms with van der Waals surface area (Å²) in [6, 6.07) is 6.13. The van der Waals surface area contributed by atoms with Crippen molar-refractivity contribution in [1.82, 2.24) is 4.90 Å². The molecule has 0 saturated heterocycles. The van der Waals surface area contributed by atoms with Gasteiger partial charge in [-0.1, -0.05) is 6.07 Å². The lowest BCUT2D eigenvalue weighted by Crippen LogP contribution is -2.32. The molecule has 4 nitrogen and oxygen atoms in total. The van der Waals surface area contributed by atoms with Crippen molar-refractivity contribution in [2.24, 2.45) is 0 Å². The molecule has 19 heavy (non-hydrogen) atoms. The summed E-state index contributed by atoms with van der Waals surface area (Å²) in [5.41, 5.74) is 1.98. The molecule has 0 aliphatic heterocycles. The number of likely N-dealkylation sites (N-methyl/N-ethyl adjacent to an activating group) is 1. The van der Waals surface area contributed by atoms with Gasteiger partial charge in [0.2, 0.25) is 0 Å². The minimum atomic E-state index is -0.466. The number of ether oxygens (including phenoxy) is 2. The van der Waals surface area contributed by atoms with Gasteiger partial charge in [0, 0.05) is 25.3 Å². The number of aliphatic hydroxyl groups excluding tert-OH is 1. The number of aliphatic hydroxyl groups is 1. The summed E-state index contributed by atoms with van der Waals surface area (Å²) in [4.78, 5) is 2.20. The quantitative estimate of drug-likeness (QED) is 0.822. The van der Waals surface area contributed by atoms with Crippen molar-refractivity contribution in [3.05, 3.63) is 29.3 Å². The van der Waals surface area contributed by atoms with E-state index in [0.717, 1.165) is 23.4 Å². The lowest BCUT2D eigenvalue weighted by Gasteiger charge is -2.25. The fraction of sp³-hybridized carbons (Fsp3) is 0.600. The van der Waals surface area contributed by atoms with Crippen LogP contribution in [0.4, 0.5) is 0 Å². The van der Waals surface area contributed by atoms with Gasteiger partial charge in [0.25, 0.3) is 0 Å². The molecule has 1 aromatic carbocycles. The van der Waals surface area contributed by atoms with E-state index in [1.165, 1.54) is 0 Å². The molecule has 4 heteroatoms. The van der Waals surface area contributed by atoms with Gasteiger partial charge in [-0.2, -0.15) is 0 Å². The molecule has 108 valence electrons. The molecule has 0 spiro atoms. The zero-order chi connectivity index (χ0) is 14.4. The second kappa shape index (κ2) is 7.48. The van der Waals surface area contributed by atoms with Crippen molar-refractivity contribution in [1.29, 1.82) is 0 Å². The van der Waals surface area contributed by atoms with Crippen LogP contribution in [0.25, 0.3) is 0 Å². The molecular weight excluding hydrogens is 242 g/mol. The Bertz CT molecular complexity index is 393. The Balaban J connectivity index is 2.88. The number of hydrogen-bond acceptors (Lipinski definition) is 4. The molecule has 2 unspecified atom stereocenters. The summed E-state index contributed by atoms with van der Waals surface area (Å²) in [7, 11) is 5.43. The van der Waals surface area contributed by atoms with Gasteiger partial charge in [-0.25, -0.2) is 0 Å². The van der Waals surface area contributed by atoms with E-state index in [0.29, 0.717) is 12.6 Å². The summed E-state index contributed by atoms with van der Waals surface area (Å²) in [5, 5.41) is 9.66. The summed E-state index contributed by atoms with van der Waals surface area (Å²) in [5.74, 6) is 0.848. The average molecular weight is 267 g/mol. The van der Waals surface area contributed by atoms with E-state index in [-0.39, 0.29) is 0 Å². The predicted molar refractivity (Wildman–Crippen MR) is 76.4 cm³/mol. The SMILES string of the molecule is COCC(C)N(C)Cc1cc(C(C)O)ccc1OC. The van der Waals surface area contributed by atoms with Gasteiger partial charge >= 0.3 is 0 Å². The number of nitrogens with zero attached hydrogens (tertiary/aromatic N) is 1. The van der Waals surface area contributed by atoms with E-state index in [1.54, 1.807) is 21.1 Å². The van der Waals surface area contributed by atoms with Crippen molar-refractivity contribution in [2.75, 3.05) is 27.9 Å². The Hall–Kier alpha value is -1.10. The molecule has 0 bridgehead atoms. The Morgan fingerprint density at radius 1 is 1.26 bits per heavy atom. The molecule has 2 atom stereocenters. The van der Waals surface area contributed by atoms with Crippen LogP contribution in [0.5, 0.6) is 5.75 Å². The molecule has 0 saturated carbocycles. The van der Waals surface area contributed by atoms with Crippen LogP contribution in [-0.2, 0) is 11.3 Å². The fourth-order valence-corrected chi connectivity index (χ4v) is 1.97. The molecule has 1 N–H and O–H groups in total. The molecule has 1 aromatic rings. The van der Waals surface area contributed by atoms with Gasteiger partial charge < -0.3 is 14.6 Å². The van der Waals surface area contributed by atoms with Crippen molar-refractivity contribution >= 4 is 0 Å². The Morgan fingerprint density at radius 3 is 2.47 bits per heavy atom. The van der Waals surface area contributed by atoms with E-state index >= 15 is 0 Å². The van der Waals surface area contributed by atoms with Crippen LogP contribution < -0.4 is 4.74 Å². The molecule has 0 aliphatic rings. The van der Waals surface area contributed by atoms with Gasteiger partial charge in [-0.05, 0) is 38.6 Å². The van der Waals surface area contributed by atoms with Crippen LogP contribution in [-0.4, -0.2) is 43.9 Å². The van der Waals surface area contributed by atoms with Gasteiger partial charge in [0.15, 0.2) is 0 Å². The number of methoxy groups -OCH3 is 2. The molecule has 0 heterocycles. The van der Waals surface area contributed by atoms with E-state index in [2.05, 4.69) is 18.9 Å². The van der Waals surface area contributed by atoms with Crippen LogP contribution in [0.2, 0.25) is 0 Å². The molecule has 1 rings (SSSR count). The van der Waals surface area contributed by atoms with Crippen molar-refractivity contribution < 1.29 is 14.6 Å². The van der Waals surface area contributed by atoms with Crippen LogP contribution in [0, 0.1) is 0 Å². The molecule has 0 fully saturated rings. The minimum absolute atomic E-state index is 0.324. The van der Waals surface area contributed by atoms with Gasteiger partial charge in [-0.3, -0.25) is 4.90 Å². The summed E-state index contributed by atoms with van der Waals surface area (Å²) in [6.07, 6.45) is -0.466. The molecule has 0 aliphatic carbocycles. The third-order valence-corrected chi connectivity index (χ3v) is 3.37. The first-order valence-corrected chi connectivity index (χ1v) is 6.53. The maximum Gasteiger partial charge on any atom is 0.123 e. The highest BCUT2D eigenvalue weighted by molar-refractivity contribution is 5.38. The van der Waals surface area contributed by atoms with Crippen molar-refractivity contribution in [2.45, 2.75) is 32.5 Å².